The lowest BCUT2D eigenvalue weighted by Crippen LogP contribution is -2.60. The Hall–Kier alpha value is -8.95. The van der Waals surface area contributed by atoms with Crippen LogP contribution in [-0.4, -0.2) is 228 Å². The average Bonchev–Trinajstić information content (AvgIpc) is 1.21. The molecule has 32 nitrogen and oxygen atoms in total. The number of carbonyl (C=O) groups is 14. The standard InChI is InChI=1S/C73H114N12O20S/c1-12-47(4)66(82-72(102)73(7,8)83(9)10)70(99)84(11)55(46(2)3)44-57(105-49(6)86)69-81-54(45-106-69)68(98)78-51(41-48(5)71(100)101)42-50-26-27-56(87)53(43-50)80-61(91)22-15-33-77-67(97)52(79-62(92)23-16-36-85-63(93)29-30-64(85)94)21-13-14-32-74-58(88)24-17-37-103-39-19-34-75-59(89)25-18-38-104-40-20-35-76-60(90)28-31-65(95)96/h26-27,29-30,43,45-48,51-52,55,57,66,87H,12-25,28,31-42,44H2,1-11H3,(H,74,88)(H,75,89)(H,76,90)(H,77,97)(H,78,98)(H,79,92)(H,80,91)(H,82,102)(H,95,96)(H,100,101)/t47-,48?,51+,52-,55+,57+,66-/m0/s1. The van der Waals surface area contributed by atoms with E-state index in [4.69, 9.17) is 19.3 Å². The van der Waals surface area contributed by atoms with Crippen molar-refractivity contribution in [1.82, 2.24) is 56.9 Å². The zero-order valence-corrected chi connectivity index (χ0v) is 64.2. The van der Waals surface area contributed by atoms with Gasteiger partial charge >= 0.3 is 17.9 Å². The van der Waals surface area contributed by atoms with Crippen molar-refractivity contribution in [2.24, 2.45) is 17.8 Å². The fourth-order valence-corrected chi connectivity index (χ4v) is 11.8. The van der Waals surface area contributed by atoms with E-state index in [1.165, 1.54) is 31.4 Å². The number of aromatic nitrogens is 1. The number of nitrogens with zero attached hydrogens (tertiary/aromatic N) is 4. The number of hydrogen-bond donors (Lipinski definition) is 11. The van der Waals surface area contributed by atoms with Crippen molar-refractivity contribution >= 4 is 99.9 Å². The molecule has 2 heterocycles. The minimum Gasteiger partial charge on any atom is -0.506 e. The van der Waals surface area contributed by atoms with E-state index >= 15 is 0 Å². The summed E-state index contributed by atoms with van der Waals surface area (Å²) < 4.78 is 16.9. The van der Waals surface area contributed by atoms with Crippen molar-refractivity contribution in [2.45, 2.75) is 213 Å². The largest absolute Gasteiger partial charge is 0.506 e. The topological polar surface area (TPSA) is 446 Å². The van der Waals surface area contributed by atoms with Crippen molar-refractivity contribution < 1.29 is 96.7 Å². The summed E-state index contributed by atoms with van der Waals surface area (Å²) in [6.45, 7) is 16.4. The summed E-state index contributed by atoms with van der Waals surface area (Å²) in [7, 11) is 5.19. The smallest absolute Gasteiger partial charge is 0.306 e. The Bertz CT molecular complexity index is 3270. The van der Waals surface area contributed by atoms with E-state index in [0.29, 0.717) is 90.0 Å². The number of nitrogens with one attached hydrogen (secondary N) is 8. The van der Waals surface area contributed by atoms with Gasteiger partial charge in [-0.3, -0.25) is 76.9 Å². The van der Waals surface area contributed by atoms with Crippen LogP contribution >= 0.6 is 11.3 Å². The number of likely N-dealkylation sites (N-methyl/N-ethyl adjacent to an activating group) is 2. The van der Waals surface area contributed by atoms with Crippen molar-refractivity contribution in [1.29, 1.82) is 0 Å². The Labute approximate surface area is 625 Å². The van der Waals surface area contributed by atoms with Gasteiger partial charge in [0, 0.05) is 141 Å². The number of phenols is 1. The van der Waals surface area contributed by atoms with Crippen molar-refractivity contribution in [3.05, 3.63) is 52.0 Å². The van der Waals surface area contributed by atoms with Crippen LogP contribution in [0, 0.1) is 17.8 Å². The van der Waals surface area contributed by atoms with Gasteiger partial charge in [0.2, 0.25) is 47.3 Å². The Balaban J connectivity index is 1.55. The number of carbonyl (C=O) groups excluding carboxylic acids is 12. The zero-order valence-electron chi connectivity index (χ0n) is 63.4. The number of carboxylic acids is 2. The van der Waals surface area contributed by atoms with Crippen LogP contribution < -0.4 is 42.5 Å². The number of esters is 1. The maximum atomic E-state index is 14.4. The van der Waals surface area contributed by atoms with Crippen molar-refractivity contribution in [2.75, 3.05) is 85.6 Å². The molecule has 0 fully saturated rings. The number of aromatic hydroxyl groups is 1. The second-order valence-electron chi connectivity index (χ2n) is 27.6. The lowest BCUT2D eigenvalue weighted by Gasteiger charge is -2.38. The third-order valence-corrected chi connectivity index (χ3v) is 19.0. The van der Waals surface area contributed by atoms with Gasteiger partial charge in [0.25, 0.3) is 17.7 Å². The fraction of sp³-hybridized carbons (Fsp3) is 0.658. The molecule has 0 spiro atoms. The first-order valence-corrected chi connectivity index (χ1v) is 37.3. The molecule has 2 aromatic rings. The number of amides is 11. The van der Waals surface area contributed by atoms with Gasteiger partial charge in [0.05, 0.1) is 23.6 Å². The molecule has 1 aromatic carbocycles. The van der Waals surface area contributed by atoms with Crippen LogP contribution in [0.5, 0.6) is 5.75 Å². The van der Waals surface area contributed by atoms with Crippen LogP contribution in [0.3, 0.4) is 0 Å². The maximum Gasteiger partial charge on any atom is 0.306 e. The highest BCUT2D eigenvalue weighted by atomic mass is 32.1. The summed E-state index contributed by atoms with van der Waals surface area (Å²) in [6.07, 6.45) is 5.31. The third kappa shape index (κ3) is 34.5. The van der Waals surface area contributed by atoms with E-state index in [2.05, 4.69) is 47.5 Å². The number of aliphatic carboxylic acids is 2. The molecule has 0 saturated heterocycles. The molecule has 7 atom stereocenters. The number of imide groups is 1. The second-order valence-corrected chi connectivity index (χ2v) is 28.5. The monoisotopic (exact) mass is 1510 g/mol. The molecular weight excluding hydrogens is 1400 g/mol. The van der Waals surface area contributed by atoms with Crippen LogP contribution in [0.4, 0.5) is 5.69 Å². The molecule has 3 rings (SSSR count). The predicted octanol–water partition coefficient (Wildman–Crippen LogP) is 4.43. The minimum atomic E-state index is -1.12. The lowest BCUT2D eigenvalue weighted by atomic mass is 9.92. The highest BCUT2D eigenvalue weighted by Gasteiger charge is 2.39. The predicted molar refractivity (Wildman–Crippen MR) is 393 cm³/mol. The summed E-state index contributed by atoms with van der Waals surface area (Å²) in [4.78, 5) is 187. The van der Waals surface area contributed by atoms with Crippen molar-refractivity contribution in [3.8, 4) is 5.75 Å². The highest BCUT2D eigenvalue weighted by Crippen LogP contribution is 2.32. The third-order valence-electron chi connectivity index (χ3n) is 18.0. The molecule has 0 saturated carbocycles. The maximum absolute atomic E-state index is 14.4. The van der Waals surface area contributed by atoms with Crippen LogP contribution in [0.2, 0.25) is 0 Å². The van der Waals surface area contributed by atoms with E-state index in [9.17, 15) is 77.3 Å². The van der Waals surface area contributed by atoms with E-state index in [0.717, 1.165) is 28.4 Å². The molecule has 11 amide bonds. The molecule has 1 aromatic heterocycles. The van der Waals surface area contributed by atoms with E-state index in [1.54, 1.807) is 50.9 Å². The first-order chi connectivity index (χ1) is 50.1. The van der Waals surface area contributed by atoms with E-state index < -0.39 is 95.1 Å². The quantitative estimate of drug-likeness (QED) is 0.0189. The van der Waals surface area contributed by atoms with Crippen LogP contribution in [-0.2, 0) is 83.0 Å². The number of unbranched alkanes of at least 4 members (excludes halogenated alkanes) is 1. The Morgan fingerprint density at radius 1 is 0.660 bits per heavy atom. The van der Waals surface area contributed by atoms with Crippen LogP contribution in [0.25, 0.3) is 0 Å². The summed E-state index contributed by atoms with van der Waals surface area (Å²) in [5, 5.41) is 53.5. The SMILES string of the molecule is CC[C@H](C)[C@H](NC(=O)C(C)(C)N(C)C)C(=O)N(C)[C@H](C[C@@H](OC(C)=O)c1nc(C(=O)N[C@@H](Cc2ccc(O)c(NC(=O)CCCNC(=O)[C@H](CCCCNC(=O)CCCOCCCNC(=O)CCCOCCCNC(=O)CCC(=O)O)NC(=O)CCCN3C(=O)C=CC3=O)c2)CC(C)C(=O)O)cs1)C(C)C. The number of anilines is 1. The Kier molecular flexibility index (Phi) is 41.6. The normalized spacial score (nSPS) is 14.1. The number of phenolic OH excluding ortho intramolecular Hbond substituents is 1. The van der Waals surface area contributed by atoms with Gasteiger partial charge in [0.1, 0.15) is 28.5 Å². The second kappa shape index (κ2) is 48.3. The number of hydrogen-bond acceptors (Lipinski definition) is 21. The van der Waals surface area contributed by atoms with Gasteiger partial charge in [0.15, 0.2) is 6.10 Å². The molecule has 0 radical (unpaired) electrons. The molecule has 1 aliphatic rings. The molecule has 592 valence electrons. The fourth-order valence-electron chi connectivity index (χ4n) is 10.9. The van der Waals surface area contributed by atoms with Crippen molar-refractivity contribution in [3.63, 3.8) is 0 Å². The van der Waals surface area contributed by atoms with Crippen LogP contribution in [0.1, 0.15) is 198 Å². The molecular formula is C73H114N12O20S. The molecule has 1 unspecified atom stereocenters. The number of ether oxygens (including phenoxy) is 3. The van der Waals surface area contributed by atoms with Gasteiger partial charge < -0.3 is 77.0 Å². The van der Waals surface area contributed by atoms with Gasteiger partial charge in [-0.1, -0.05) is 47.1 Å². The summed E-state index contributed by atoms with van der Waals surface area (Å²) in [6, 6.07) is 1.13. The number of carboxylic acid groups (broad SMARTS) is 2. The number of benzene rings is 1. The Morgan fingerprint density at radius 2 is 1.23 bits per heavy atom. The molecule has 33 heteroatoms. The average molecular weight is 1510 g/mol. The van der Waals surface area contributed by atoms with Gasteiger partial charge in [-0.15, -0.1) is 11.3 Å². The van der Waals surface area contributed by atoms with E-state index in [1.807, 2.05) is 27.7 Å². The van der Waals surface area contributed by atoms with Gasteiger partial charge in [-0.2, -0.15) is 0 Å². The van der Waals surface area contributed by atoms with Gasteiger partial charge in [-0.25, -0.2) is 4.98 Å². The highest BCUT2D eigenvalue weighted by molar-refractivity contribution is 7.09. The molecule has 1 aliphatic heterocycles. The summed E-state index contributed by atoms with van der Waals surface area (Å²) in [5.41, 5.74) is -0.454. The van der Waals surface area contributed by atoms with E-state index in [-0.39, 0.29) is 160 Å². The molecule has 0 bridgehead atoms. The molecule has 106 heavy (non-hydrogen) atoms. The molecule has 0 aliphatic carbocycles. The summed E-state index contributed by atoms with van der Waals surface area (Å²) in [5.74, 6) is -8.96. The number of thiazole rings is 1. The molecule has 11 N–H and O–H groups in total. The Morgan fingerprint density at radius 3 is 1.79 bits per heavy atom. The van der Waals surface area contributed by atoms with Gasteiger partial charge in [-0.05, 0) is 128 Å². The first kappa shape index (κ1) is 91.3. The lowest BCUT2D eigenvalue weighted by molar-refractivity contribution is -0.149. The summed E-state index contributed by atoms with van der Waals surface area (Å²) >= 11 is 1.06. The van der Waals surface area contributed by atoms with Crippen LogP contribution in [0.15, 0.2) is 35.7 Å². The number of rotatable bonds is 54. The zero-order chi connectivity index (χ0) is 79.1. The minimum absolute atomic E-state index is 0.00138. The first-order valence-electron chi connectivity index (χ1n) is 36.5.